The van der Waals surface area contributed by atoms with E-state index in [1.807, 2.05) is 7.05 Å². The molecule has 1 rings (SSSR count). The van der Waals surface area contributed by atoms with Crippen molar-refractivity contribution in [2.45, 2.75) is 39.2 Å². The number of benzene rings is 1. The highest BCUT2D eigenvalue weighted by Gasteiger charge is 2.07. The van der Waals surface area contributed by atoms with Crippen molar-refractivity contribution in [2.75, 3.05) is 14.2 Å². The smallest absolute Gasteiger partial charge is 0.122 e. The van der Waals surface area contributed by atoms with E-state index in [2.05, 4.69) is 37.4 Å². The fourth-order valence-electron chi connectivity index (χ4n) is 1.99. The number of hydrogen-bond acceptors (Lipinski definition) is 2. The molecule has 0 radical (unpaired) electrons. The van der Waals surface area contributed by atoms with Crippen molar-refractivity contribution in [3.63, 3.8) is 0 Å². The summed E-state index contributed by atoms with van der Waals surface area (Å²) in [7, 11) is 3.77. The van der Waals surface area contributed by atoms with Crippen molar-refractivity contribution in [1.29, 1.82) is 0 Å². The topological polar surface area (TPSA) is 21.3 Å². The first-order chi connectivity index (χ1) is 7.71. The molecule has 2 heteroatoms. The lowest BCUT2D eigenvalue weighted by Gasteiger charge is -2.15. The first kappa shape index (κ1) is 13.0. The zero-order valence-electron chi connectivity index (χ0n) is 10.8. The average molecular weight is 221 g/mol. The molecule has 0 aliphatic rings. The van der Waals surface area contributed by atoms with Gasteiger partial charge in [-0.15, -0.1) is 0 Å². The zero-order chi connectivity index (χ0) is 12.0. The Kier molecular flexibility index (Phi) is 5.33. The summed E-state index contributed by atoms with van der Waals surface area (Å²) in [5.74, 6) is 1.01. The molecule has 0 spiro atoms. The van der Waals surface area contributed by atoms with Crippen LogP contribution in [0.5, 0.6) is 5.75 Å². The molecule has 16 heavy (non-hydrogen) atoms. The Morgan fingerprint density at radius 2 is 2.12 bits per heavy atom. The first-order valence-electron chi connectivity index (χ1n) is 6.02. The molecule has 1 N–H and O–H groups in total. The van der Waals surface area contributed by atoms with Gasteiger partial charge in [-0.2, -0.15) is 0 Å². The normalized spacial score (nSPS) is 12.5. The summed E-state index contributed by atoms with van der Waals surface area (Å²) in [5, 5.41) is 3.33. The summed E-state index contributed by atoms with van der Waals surface area (Å²) in [4.78, 5) is 0. The van der Waals surface area contributed by atoms with E-state index in [-0.39, 0.29) is 0 Å². The van der Waals surface area contributed by atoms with Crippen LogP contribution in [-0.4, -0.2) is 20.2 Å². The van der Waals surface area contributed by atoms with Gasteiger partial charge in [0.2, 0.25) is 0 Å². The first-order valence-corrected chi connectivity index (χ1v) is 6.02. The lowest BCUT2D eigenvalue weighted by Crippen LogP contribution is -2.24. The van der Waals surface area contributed by atoms with Crippen LogP contribution in [0.3, 0.4) is 0 Å². The van der Waals surface area contributed by atoms with Gasteiger partial charge in [-0.25, -0.2) is 0 Å². The lowest BCUT2D eigenvalue weighted by molar-refractivity contribution is 0.406. The van der Waals surface area contributed by atoms with Gasteiger partial charge < -0.3 is 10.1 Å². The van der Waals surface area contributed by atoms with Crippen LogP contribution in [0.4, 0.5) is 0 Å². The molecule has 1 unspecified atom stereocenters. The lowest BCUT2D eigenvalue weighted by atomic mass is 10.0. The quantitative estimate of drug-likeness (QED) is 0.797. The predicted molar refractivity (Wildman–Crippen MR) is 69.2 cm³/mol. The molecular formula is C14H23NO. The predicted octanol–water partition coefficient (Wildman–Crippen LogP) is 2.93. The number of rotatable bonds is 6. The largest absolute Gasteiger partial charge is 0.496 e. The van der Waals surface area contributed by atoms with E-state index in [1.54, 1.807) is 7.11 Å². The number of hydrogen-bond donors (Lipinski definition) is 1. The van der Waals surface area contributed by atoms with Crippen LogP contribution in [-0.2, 0) is 6.42 Å². The van der Waals surface area contributed by atoms with E-state index in [0.717, 1.165) is 18.6 Å². The third-order valence-corrected chi connectivity index (χ3v) is 3.10. The van der Waals surface area contributed by atoms with Crippen molar-refractivity contribution in [3.8, 4) is 5.75 Å². The molecule has 1 atom stereocenters. The molecule has 0 heterocycles. The summed E-state index contributed by atoms with van der Waals surface area (Å²) in [6, 6.07) is 6.98. The summed E-state index contributed by atoms with van der Waals surface area (Å²) in [6.45, 7) is 4.34. The number of aryl methyl sites for hydroxylation is 2. The van der Waals surface area contributed by atoms with Crippen molar-refractivity contribution in [2.24, 2.45) is 0 Å². The molecular weight excluding hydrogens is 198 g/mol. The van der Waals surface area contributed by atoms with Crippen LogP contribution in [0.25, 0.3) is 0 Å². The minimum absolute atomic E-state index is 0.602. The van der Waals surface area contributed by atoms with Crippen molar-refractivity contribution in [1.82, 2.24) is 5.32 Å². The minimum Gasteiger partial charge on any atom is -0.496 e. The molecule has 0 fully saturated rings. The molecule has 2 nitrogen and oxygen atoms in total. The van der Waals surface area contributed by atoms with Crippen LogP contribution < -0.4 is 10.1 Å². The van der Waals surface area contributed by atoms with Crippen LogP contribution in [0.1, 0.15) is 30.9 Å². The van der Waals surface area contributed by atoms with Crippen LogP contribution >= 0.6 is 0 Å². The van der Waals surface area contributed by atoms with Gasteiger partial charge in [0.05, 0.1) is 7.11 Å². The second kappa shape index (κ2) is 6.54. The van der Waals surface area contributed by atoms with Gasteiger partial charge in [-0.05, 0) is 44.9 Å². The van der Waals surface area contributed by atoms with E-state index in [0.29, 0.717) is 6.04 Å². The van der Waals surface area contributed by atoms with E-state index in [4.69, 9.17) is 4.74 Å². The van der Waals surface area contributed by atoms with E-state index in [1.165, 1.54) is 17.5 Å². The fourth-order valence-corrected chi connectivity index (χ4v) is 1.99. The molecule has 0 bridgehead atoms. The van der Waals surface area contributed by atoms with Gasteiger partial charge in [0, 0.05) is 6.04 Å². The van der Waals surface area contributed by atoms with Crippen molar-refractivity contribution in [3.05, 3.63) is 29.3 Å². The monoisotopic (exact) mass is 221 g/mol. The molecule has 0 aliphatic carbocycles. The molecule has 1 aromatic rings. The second-order valence-electron chi connectivity index (χ2n) is 4.25. The zero-order valence-corrected chi connectivity index (χ0v) is 10.8. The van der Waals surface area contributed by atoms with E-state index < -0.39 is 0 Å². The van der Waals surface area contributed by atoms with Gasteiger partial charge in [-0.3, -0.25) is 0 Å². The van der Waals surface area contributed by atoms with E-state index >= 15 is 0 Å². The number of methoxy groups -OCH3 is 1. The van der Waals surface area contributed by atoms with Gasteiger partial charge in [0.25, 0.3) is 0 Å². The van der Waals surface area contributed by atoms with Gasteiger partial charge >= 0.3 is 0 Å². The van der Waals surface area contributed by atoms with Crippen molar-refractivity contribution < 1.29 is 4.74 Å². The maximum absolute atomic E-state index is 5.38. The molecule has 90 valence electrons. The van der Waals surface area contributed by atoms with Crippen LogP contribution in [0.2, 0.25) is 0 Å². The maximum Gasteiger partial charge on any atom is 0.122 e. The highest BCUT2D eigenvalue weighted by Crippen LogP contribution is 2.21. The Hall–Kier alpha value is -1.02. The molecule has 0 amide bonds. The standard InChI is InChI=1S/C14H23NO/c1-5-13(15-3)8-7-12-10-11(2)6-9-14(12)16-4/h6,9-10,13,15H,5,7-8H2,1-4H3. The Morgan fingerprint density at radius 3 is 2.69 bits per heavy atom. The number of ether oxygens (including phenoxy) is 1. The minimum atomic E-state index is 0.602. The van der Waals surface area contributed by atoms with Crippen molar-refractivity contribution >= 4 is 0 Å². The van der Waals surface area contributed by atoms with Gasteiger partial charge in [-0.1, -0.05) is 24.6 Å². The molecule has 0 aromatic heterocycles. The summed E-state index contributed by atoms with van der Waals surface area (Å²) < 4.78 is 5.38. The molecule has 0 aliphatic heterocycles. The summed E-state index contributed by atoms with van der Waals surface area (Å²) in [5.41, 5.74) is 2.62. The molecule has 0 saturated carbocycles. The average Bonchev–Trinajstić information content (AvgIpc) is 2.30. The van der Waals surface area contributed by atoms with E-state index in [9.17, 15) is 0 Å². The second-order valence-corrected chi connectivity index (χ2v) is 4.25. The van der Waals surface area contributed by atoms with Gasteiger partial charge in [0.15, 0.2) is 0 Å². The molecule has 1 aromatic carbocycles. The third-order valence-electron chi connectivity index (χ3n) is 3.10. The highest BCUT2D eigenvalue weighted by molar-refractivity contribution is 5.36. The van der Waals surface area contributed by atoms with Crippen LogP contribution in [0.15, 0.2) is 18.2 Å². The molecule has 0 saturated heterocycles. The fraction of sp³-hybridized carbons (Fsp3) is 0.571. The number of nitrogens with one attached hydrogen (secondary N) is 1. The third kappa shape index (κ3) is 3.53. The Labute approximate surface area is 99.0 Å². The Morgan fingerprint density at radius 1 is 1.38 bits per heavy atom. The van der Waals surface area contributed by atoms with Crippen LogP contribution in [0, 0.1) is 6.92 Å². The maximum atomic E-state index is 5.38. The Bertz CT molecular complexity index is 319. The summed E-state index contributed by atoms with van der Waals surface area (Å²) in [6.07, 6.45) is 3.40. The highest BCUT2D eigenvalue weighted by atomic mass is 16.5. The SMILES string of the molecule is CCC(CCc1cc(C)ccc1OC)NC. The summed E-state index contributed by atoms with van der Waals surface area (Å²) >= 11 is 0. The Balaban J connectivity index is 2.68. The van der Waals surface area contributed by atoms with Gasteiger partial charge in [0.1, 0.15) is 5.75 Å².